The van der Waals surface area contributed by atoms with E-state index in [0.717, 1.165) is 31.6 Å². The lowest BCUT2D eigenvalue weighted by atomic mass is 10.0. The van der Waals surface area contributed by atoms with Crippen LogP contribution in [0, 0.1) is 0 Å². The summed E-state index contributed by atoms with van der Waals surface area (Å²) in [6.07, 6.45) is 5.91. The van der Waals surface area contributed by atoms with Gasteiger partial charge in [0.05, 0.1) is 6.10 Å². The molecule has 0 bridgehead atoms. The van der Waals surface area contributed by atoms with Gasteiger partial charge in [0.2, 0.25) is 0 Å². The molecule has 1 atom stereocenters. The second-order valence-electron chi connectivity index (χ2n) is 6.48. The molecule has 0 aliphatic rings. The minimum atomic E-state index is -3.77. The number of hydrogen-bond acceptors (Lipinski definition) is 4. The number of aliphatic hydroxyl groups is 1. The van der Waals surface area contributed by atoms with Gasteiger partial charge in [-0.1, -0.05) is 38.8 Å². The van der Waals surface area contributed by atoms with E-state index >= 15 is 0 Å². The minimum Gasteiger partial charge on any atom is -0.388 e. The van der Waals surface area contributed by atoms with Crippen LogP contribution >= 0.6 is 0 Å². The molecule has 0 aromatic heterocycles. The number of hydrogen-bond donors (Lipinski definition) is 3. The van der Waals surface area contributed by atoms with Crippen LogP contribution in [0.1, 0.15) is 64.0 Å². The van der Waals surface area contributed by atoms with Gasteiger partial charge < -0.3 is 10.0 Å². The molecule has 0 heterocycles. The summed E-state index contributed by atoms with van der Waals surface area (Å²) in [7, 11) is -3.77. The number of rotatable bonds is 13. The van der Waals surface area contributed by atoms with Crippen molar-refractivity contribution in [3.8, 4) is 0 Å². The van der Waals surface area contributed by atoms with Crippen LogP contribution in [0.2, 0.25) is 0 Å². The zero-order chi connectivity index (χ0) is 18.7. The number of aliphatic hydroxyl groups excluding tert-OH is 1. The van der Waals surface area contributed by atoms with Crippen LogP contribution < -0.4 is 9.86 Å². The summed E-state index contributed by atoms with van der Waals surface area (Å²) in [5, 5.41) is 15.3. The molecule has 0 fully saturated rings. The van der Waals surface area contributed by atoms with E-state index in [4.69, 9.17) is 5.14 Å². The van der Waals surface area contributed by atoms with Crippen molar-refractivity contribution in [3.63, 3.8) is 0 Å². The normalized spacial score (nSPS) is 13.2. The van der Waals surface area contributed by atoms with Crippen LogP contribution in [0.4, 0.5) is 5.69 Å². The van der Waals surface area contributed by atoms with E-state index < -0.39 is 16.3 Å². The van der Waals surface area contributed by atoms with Gasteiger partial charge in [-0.15, -0.1) is 0 Å². The molecule has 0 saturated carbocycles. The number of nitrogens with two attached hydrogens (primary N) is 1. The first kappa shape index (κ1) is 21.9. The molecule has 1 aromatic carbocycles. The Hall–Kier alpha value is -1.15. The van der Waals surface area contributed by atoms with Crippen molar-refractivity contribution in [3.05, 3.63) is 29.8 Å². The third kappa shape index (κ3) is 9.79. The maximum absolute atomic E-state index is 11.0. The van der Waals surface area contributed by atoms with Crippen molar-refractivity contribution in [2.24, 2.45) is 5.14 Å². The molecule has 1 aromatic rings. The summed E-state index contributed by atoms with van der Waals surface area (Å²) in [5.74, 6) is 0. The predicted molar refractivity (Wildman–Crippen MR) is 104 cm³/mol. The van der Waals surface area contributed by atoms with E-state index in [2.05, 4.69) is 23.5 Å². The highest BCUT2D eigenvalue weighted by molar-refractivity contribution is 7.90. The summed E-state index contributed by atoms with van der Waals surface area (Å²) >= 11 is 0. The minimum absolute atomic E-state index is 0.392. The fourth-order valence-corrected chi connectivity index (χ4v) is 3.18. The molecule has 0 radical (unpaired) electrons. The van der Waals surface area contributed by atoms with Crippen molar-refractivity contribution in [1.82, 2.24) is 4.90 Å². The molecule has 6 nitrogen and oxygen atoms in total. The number of unbranched alkanes of at least 4 members (excludes halogenated alkanes) is 2. The largest absolute Gasteiger partial charge is 0.388 e. The summed E-state index contributed by atoms with van der Waals surface area (Å²) in [6, 6.07) is 6.67. The van der Waals surface area contributed by atoms with Crippen LogP contribution in [0.15, 0.2) is 24.3 Å². The van der Waals surface area contributed by atoms with E-state index in [-0.39, 0.29) is 0 Å². The standard InChI is InChI=1S/C18H33N3O3S/c1-3-5-13-21(14-6-4-2)15-7-8-18(22)16-9-11-17(12-10-16)20-25(19,23)24/h9-12,18,20,22H,3-8,13-15H2,1-2H3,(H2,19,23,24). The van der Waals surface area contributed by atoms with E-state index in [1.807, 2.05) is 0 Å². The Balaban J connectivity index is 2.45. The summed E-state index contributed by atoms with van der Waals surface area (Å²) in [6.45, 7) is 7.66. The Morgan fingerprint density at radius 1 is 1.04 bits per heavy atom. The first-order valence-electron chi connectivity index (χ1n) is 9.16. The van der Waals surface area contributed by atoms with E-state index in [9.17, 15) is 13.5 Å². The van der Waals surface area contributed by atoms with Crippen molar-refractivity contribution in [2.45, 2.75) is 58.5 Å². The first-order valence-corrected chi connectivity index (χ1v) is 10.7. The van der Waals surface area contributed by atoms with Crippen LogP contribution in [-0.4, -0.2) is 38.1 Å². The maximum Gasteiger partial charge on any atom is 0.296 e. The van der Waals surface area contributed by atoms with Crippen molar-refractivity contribution >= 4 is 15.9 Å². The predicted octanol–water partition coefficient (Wildman–Crippen LogP) is 3.02. The highest BCUT2D eigenvalue weighted by Crippen LogP contribution is 2.21. The Kier molecular flexibility index (Phi) is 10.0. The van der Waals surface area contributed by atoms with Crippen molar-refractivity contribution in [1.29, 1.82) is 0 Å². The average Bonchev–Trinajstić information content (AvgIpc) is 2.55. The zero-order valence-corrected chi connectivity index (χ0v) is 16.3. The molecule has 0 saturated heterocycles. The van der Waals surface area contributed by atoms with E-state index in [1.54, 1.807) is 24.3 Å². The lowest BCUT2D eigenvalue weighted by Gasteiger charge is -2.22. The summed E-state index contributed by atoms with van der Waals surface area (Å²) in [5.41, 5.74) is 1.18. The third-order valence-electron chi connectivity index (χ3n) is 4.16. The molecule has 144 valence electrons. The molecule has 7 heteroatoms. The Labute approximate surface area is 152 Å². The Bertz CT molecular complexity index is 568. The van der Waals surface area contributed by atoms with Crippen LogP contribution in [0.25, 0.3) is 0 Å². The fourth-order valence-electron chi connectivity index (χ4n) is 2.71. The highest BCUT2D eigenvalue weighted by Gasteiger charge is 2.10. The quantitative estimate of drug-likeness (QED) is 0.497. The van der Waals surface area contributed by atoms with E-state index in [1.165, 1.54) is 25.7 Å². The van der Waals surface area contributed by atoms with Crippen molar-refractivity contribution < 1.29 is 13.5 Å². The van der Waals surface area contributed by atoms with Crippen LogP contribution in [-0.2, 0) is 10.2 Å². The average molecular weight is 372 g/mol. The SMILES string of the molecule is CCCCN(CCCC)CCCC(O)c1ccc(NS(N)(=O)=O)cc1. The zero-order valence-electron chi connectivity index (χ0n) is 15.4. The molecule has 1 rings (SSSR count). The lowest BCUT2D eigenvalue weighted by Crippen LogP contribution is -2.27. The fraction of sp³-hybridized carbons (Fsp3) is 0.667. The monoisotopic (exact) mass is 371 g/mol. The van der Waals surface area contributed by atoms with Gasteiger partial charge in [-0.05, 0) is 63.0 Å². The summed E-state index contributed by atoms with van der Waals surface area (Å²) < 4.78 is 24.2. The molecule has 4 N–H and O–H groups in total. The molecule has 0 amide bonds. The number of benzene rings is 1. The van der Waals surface area contributed by atoms with Gasteiger partial charge in [-0.2, -0.15) is 8.42 Å². The van der Waals surface area contributed by atoms with Gasteiger partial charge in [0.1, 0.15) is 0 Å². The molecule has 1 unspecified atom stereocenters. The second kappa shape index (κ2) is 11.5. The topological polar surface area (TPSA) is 95.7 Å². The lowest BCUT2D eigenvalue weighted by molar-refractivity contribution is 0.154. The molecular formula is C18H33N3O3S. The van der Waals surface area contributed by atoms with Crippen molar-refractivity contribution in [2.75, 3.05) is 24.4 Å². The molecule has 0 aliphatic carbocycles. The van der Waals surface area contributed by atoms with Gasteiger partial charge in [0, 0.05) is 5.69 Å². The molecule has 0 spiro atoms. The first-order chi connectivity index (χ1) is 11.9. The Morgan fingerprint density at radius 3 is 2.04 bits per heavy atom. The van der Waals surface area contributed by atoms with Crippen LogP contribution in [0.3, 0.4) is 0 Å². The molecule has 25 heavy (non-hydrogen) atoms. The van der Waals surface area contributed by atoms with Gasteiger partial charge in [-0.3, -0.25) is 4.72 Å². The summed E-state index contributed by atoms with van der Waals surface area (Å²) in [4.78, 5) is 2.48. The smallest absolute Gasteiger partial charge is 0.296 e. The number of nitrogens with zero attached hydrogens (tertiary/aromatic N) is 1. The molecular weight excluding hydrogens is 338 g/mol. The van der Waals surface area contributed by atoms with Gasteiger partial charge in [-0.25, -0.2) is 5.14 Å². The second-order valence-corrected chi connectivity index (χ2v) is 7.77. The van der Waals surface area contributed by atoms with Crippen LogP contribution in [0.5, 0.6) is 0 Å². The number of nitrogens with one attached hydrogen (secondary N) is 1. The molecule has 0 aliphatic heterocycles. The maximum atomic E-state index is 11.0. The van der Waals surface area contributed by atoms with Gasteiger partial charge >= 0.3 is 0 Å². The van der Waals surface area contributed by atoms with E-state index in [0.29, 0.717) is 12.1 Å². The highest BCUT2D eigenvalue weighted by atomic mass is 32.2. The Morgan fingerprint density at radius 2 is 1.56 bits per heavy atom. The van der Waals surface area contributed by atoms with Gasteiger partial charge in [0.15, 0.2) is 0 Å². The van der Waals surface area contributed by atoms with Gasteiger partial charge in [0.25, 0.3) is 10.2 Å². The number of anilines is 1. The third-order valence-corrected chi connectivity index (χ3v) is 4.68.